The summed E-state index contributed by atoms with van der Waals surface area (Å²) >= 11 is 0. The van der Waals surface area contributed by atoms with Crippen LogP contribution in [0.15, 0.2) is 34.9 Å². The molecule has 0 saturated carbocycles. The Balaban J connectivity index is 2.08. The van der Waals surface area contributed by atoms with E-state index in [0.717, 1.165) is 5.75 Å². The Hall–Kier alpha value is -2.01. The van der Waals surface area contributed by atoms with E-state index in [-0.39, 0.29) is 12.7 Å². The molecule has 0 amide bonds. The molecule has 84 valence electrons. The topological polar surface area (TPSA) is 64.7 Å². The SMILES string of the molecule is COc1ccc(Oc2nc(CO)co2)cc1. The quantitative estimate of drug-likeness (QED) is 0.855. The van der Waals surface area contributed by atoms with E-state index in [1.165, 1.54) is 6.26 Å². The third-order valence-corrected chi connectivity index (χ3v) is 1.96. The first-order chi connectivity index (χ1) is 7.81. The van der Waals surface area contributed by atoms with E-state index in [1.807, 2.05) is 0 Å². The smallest absolute Gasteiger partial charge is 0.399 e. The van der Waals surface area contributed by atoms with Gasteiger partial charge in [0.15, 0.2) is 0 Å². The number of hydrogen-bond acceptors (Lipinski definition) is 5. The van der Waals surface area contributed by atoms with Crippen LogP contribution in [0.25, 0.3) is 0 Å². The maximum absolute atomic E-state index is 8.79. The van der Waals surface area contributed by atoms with Crippen molar-refractivity contribution in [1.29, 1.82) is 0 Å². The highest BCUT2D eigenvalue weighted by molar-refractivity contribution is 5.32. The maximum Gasteiger partial charge on any atom is 0.399 e. The second kappa shape index (κ2) is 4.67. The van der Waals surface area contributed by atoms with E-state index >= 15 is 0 Å². The van der Waals surface area contributed by atoms with E-state index < -0.39 is 0 Å². The summed E-state index contributed by atoms with van der Waals surface area (Å²) in [5, 5.41) is 8.79. The molecule has 0 aliphatic rings. The van der Waals surface area contributed by atoms with Gasteiger partial charge in [0.2, 0.25) is 0 Å². The molecule has 0 aliphatic carbocycles. The first kappa shape index (κ1) is 10.5. The number of aliphatic hydroxyl groups is 1. The van der Waals surface area contributed by atoms with E-state index in [0.29, 0.717) is 11.4 Å². The molecule has 1 aromatic carbocycles. The number of oxazole rings is 1. The molecule has 16 heavy (non-hydrogen) atoms. The first-order valence-corrected chi connectivity index (χ1v) is 4.69. The van der Waals surface area contributed by atoms with Gasteiger partial charge in [-0.25, -0.2) is 0 Å². The second-order valence-corrected chi connectivity index (χ2v) is 3.04. The molecule has 5 nitrogen and oxygen atoms in total. The van der Waals surface area contributed by atoms with Crippen LogP contribution in [0, 0.1) is 0 Å². The fourth-order valence-corrected chi connectivity index (χ4v) is 1.15. The van der Waals surface area contributed by atoms with Crippen LogP contribution in [0.2, 0.25) is 0 Å². The van der Waals surface area contributed by atoms with Crippen LogP contribution in [0.1, 0.15) is 5.69 Å². The minimum atomic E-state index is -0.171. The van der Waals surface area contributed by atoms with Crippen LogP contribution >= 0.6 is 0 Å². The van der Waals surface area contributed by atoms with Crippen molar-refractivity contribution in [3.8, 4) is 17.6 Å². The van der Waals surface area contributed by atoms with Crippen LogP contribution < -0.4 is 9.47 Å². The van der Waals surface area contributed by atoms with E-state index in [2.05, 4.69) is 4.98 Å². The number of hydrogen-bond donors (Lipinski definition) is 1. The minimum Gasteiger partial charge on any atom is -0.497 e. The van der Waals surface area contributed by atoms with Gasteiger partial charge in [-0.05, 0) is 24.3 Å². The zero-order valence-electron chi connectivity index (χ0n) is 8.71. The van der Waals surface area contributed by atoms with E-state index in [4.69, 9.17) is 19.0 Å². The molecule has 1 heterocycles. The molecule has 0 saturated heterocycles. The molecule has 2 rings (SSSR count). The van der Waals surface area contributed by atoms with Gasteiger partial charge < -0.3 is 19.0 Å². The van der Waals surface area contributed by atoms with E-state index in [9.17, 15) is 0 Å². The van der Waals surface area contributed by atoms with Crippen molar-refractivity contribution in [3.63, 3.8) is 0 Å². The molecule has 1 aromatic heterocycles. The number of aliphatic hydroxyl groups excluding tert-OH is 1. The van der Waals surface area contributed by atoms with Crippen molar-refractivity contribution in [2.24, 2.45) is 0 Å². The van der Waals surface area contributed by atoms with Gasteiger partial charge in [-0.1, -0.05) is 0 Å². The minimum absolute atomic E-state index is 0.106. The molecular weight excluding hydrogens is 210 g/mol. The highest BCUT2D eigenvalue weighted by atomic mass is 16.6. The normalized spacial score (nSPS) is 10.1. The summed E-state index contributed by atoms with van der Waals surface area (Å²) in [6, 6.07) is 7.01. The molecule has 0 unspecified atom stereocenters. The molecule has 0 spiro atoms. The third kappa shape index (κ3) is 2.32. The predicted molar refractivity (Wildman–Crippen MR) is 55.5 cm³/mol. The van der Waals surface area contributed by atoms with Gasteiger partial charge in [0.1, 0.15) is 23.5 Å². The number of ether oxygens (including phenoxy) is 2. The van der Waals surface area contributed by atoms with Crippen molar-refractivity contribution in [2.45, 2.75) is 6.61 Å². The van der Waals surface area contributed by atoms with Crippen molar-refractivity contribution in [3.05, 3.63) is 36.2 Å². The second-order valence-electron chi connectivity index (χ2n) is 3.04. The summed E-state index contributed by atoms with van der Waals surface area (Å²) in [5.74, 6) is 1.34. The molecule has 2 aromatic rings. The summed E-state index contributed by atoms with van der Waals surface area (Å²) in [4.78, 5) is 3.90. The van der Waals surface area contributed by atoms with Gasteiger partial charge in [0.05, 0.1) is 13.7 Å². The lowest BCUT2D eigenvalue weighted by Crippen LogP contribution is -1.87. The van der Waals surface area contributed by atoms with Gasteiger partial charge in [-0.2, -0.15) is 4.98 Å². The third-order valence-electron chi connectivity index (χ3n) is 1.96. The lowest BCUT2D eigenvalue weighted by Gasteiger charge is -2.02. The number of nitrogens with zero attached hydrogens (tertiary/aromatic N) is 1. The Morgan fingerprint density at radius 2 is 1.94 bits per heavy atom. The van der Waals surface area contributed by atoms with Gasteiger partial charge in [-0.15, -0.1) is 0 Å². The fraction of sp³-hybridized carbons (Fsp3) is 0.182. The molecule has 5 heteroatoms. The number of methoxy groups -OCH3 is 1. The summed E-state index contributed by atoms with van der Waals surface area (Å²) in [5.41, 5.74) is 0.434. The summed E-state index contributed by atoms with van der Waals surface area (Å²) < 4.78 is 15.3. The maximum atomic E-state index is 8.79. The van der Waals surface area contributed by atoms with Crippen LogP contribution in [0.3, 0.4) is 0 Å². The van der Waals surface area contributed by atoms with Crippen molar-refractivity contribution in [2.75, 3.05) is 7.11 Å². The van der Waals surface area contributed by atoms with Crippen LogP contribution in [0.5, 0.6) is 17.6 Å². The fourth-order valence-electron chi connectivity index (χ4n) is 1.15. The Morgan fingerprint density at radius 1 is 1.25 bits per heavy atom. The van der Waals surface area contributed by atoms with Crippen LogP contribution in [0.4, 0.5) is 0 Å². The Labute approximate surface area is 92.3 Å². The van der Waals surface area contributed by atoms with Crippen LogP contribution in [-0.4, -0.2) is 17.2 Å². The lowest BCUT2D eigenvalue weighted by atomic mass is 10.3. The summed E-state index contributed by atoms with van der Waals surface area (Å²) in [6.45, 7) is -0.171. The van der Waals surface area contributed by atoms with Crippen molar-refractivity contribution >= 4 is 0 Å². The molecule has 1 N–H and O–H groups in total. The Kier molecular flexibility index (Phi) is 3.07. The average Bonchev–Trinajstić information content (AvgIpc) is 2.78. The molecular formula is C11H11NO4. The zero-order chi connectivity index (χ0) is 11.4. The number of aromatic nitrogens is 1. The van der Waals surface area contributed by atoms with Crippen LogP contribution in [-0.2, 0) is 6.61 Å². The average molecular weight is 221 g/mol. The van der Waals surface area contributed by atoms with Crippen molar-refractivity contribution < 1.29 is 19.0 Å². The molecule has 0 atom stereocenters. The van der Waals surface area contributed by atoms with E-state index in [1.54, 1.807) is 31.4 Å². The van der Waals surface area contributed by atoms with Gasteiger partial charge in [-0.3, -0.25) is 0 Å². The lowest BCUT2D eigenvalue weighted by molar-refractivity contribution is 0.276. The van der Waals surface area contributed by atoms with Gasteiger partial charge in [0, 0.05) is 0 Å². The van der Waals surface area contributed by atoms with Gasteiger partial charge in [0.25, 0.3) is 0 Å². The standard InChI is InChI=1S/C11H11NO4/c1-14-9-2-4-10(5-3-9)16-11-12-8(6-13)7-15-11/h2-5,7,13H,6H2,1H3. The predicted octanol–water partition coefficient (Wildman–Crippen LogP) is 1.97. The zero-order valence-corrected chi connectivity index (χ0v) is 8.71. The molecule has 0 aliphatic heterocycles. The summed E-state index contributed by atoms with van der Waals surface area (Å²) in [7, 11) is 1.59. The monoisotopic (exact) mass is 221 g/mol. The highest BCUT2D eigenvalue weighted by Crippen LogP contribution is 2.23. The summed E-state index contributed by atoms with van der Waals surface area (Å²) in [6.07, 6.45) is 1.45. The Morgan fingerprint density at radius 3 is 2.50 bits per heavy atom. The number of benzene rings is 1. The van der Waals surface area contributed by atoms with Crippen molar-refractivity contribution in [1.82, 2.24) is 4.98 Å². The number of rotatable bonds is 4. The molecule has 0 bridgehead atoms. The molecule has 0 fully saturated rings. The highest BCUT2D eigenvalue weighted by Gasteiger charge is 2.05. The first-order valence-electron chi connectivity index (χ1n) is 4.69. The largest absolute Gasteiger partial charge is 0.497 e. The molecule has 0 radical (unpaired) electrons. The Bertz CT molecular complexity index is 449. The van der Waals surface area contributed by atoms with Gasteiger partial charge >= 0.3 is 6.08 Å².